The molecule has 20 heavy (non-hydrogen) atoms. The van der Waals surface area contributed by atoms with Gasteiger partial charge in [-0.15, -0.1) is 0 Å². The lowest BCUT2D eigenvalue weighted by Gasteiger charge is -2.26. The minimum absolute atomic E-state index is 0.443. The highest BCUT2D eigenvalue weighted by atomic mass is 15.1. The summed E-state index contributed by atoms with van der Waals surface area (Å²) in [7, 11) is 0. The molecule has 1 aliphatic heterocycles. The van der Waals surface area contributed by atoms with Gasteiger partial charge in [-0.3, -0.25) is 0 Å². The Morgan fingerprint density at radius 3 is 2.90 bits per heavy atom. The molecule has 1 fully saturated rings. The van der Waals surface area contributed by atoms with E-state index >= 15 is 0 Å². The maximum Gasteiger partial charge on any atom is 0.0951 e. The molecule has 3 rings (SSSR count). The van der Waals surface area contributed by atoms with Gasteiger partial charge in [-0.2, -0.15) is 0 Å². The van der Waals surface area contributed by atoms with Gasteiger partial charge in [-0.25, -0.2) is 4.98 Å². The summed E-state index contributed by atoms with van der Waals surface area (Å²) >= 11 is 0. The second kappa shape index (κ2) is 6.23. The molecular formula is C17H23N3. The van der Waals surface area contributed by atoms with Crippen LogP contribution in [-0.2, 0) is 6.42 Å². The van der Waals surface area contributed by atoms with E-state index in [-0.39, 0.29) is 0 Å². The Morgan fingerprint density at radius 2 is 2.15 bits per heavy atom. The maximum absolute atomic E-state index is 4.38. The van der Waals surface area contributed by atoms with E-state index in [2.05, 4.69) is 52.1 Å². The van der Waals surface area contributed by atoms with E-state index in [9.17, 15) is 0 Å². The monoisotopic (exact) mass is 269 g/mol. The summed E-state index contributed by atoms with van der Waals surface area (Å²) in [6.45, 7) is 3.41. The van der Waals surface area contributed by atoms with Gasteiger partial charge in [0.1, 0.15) is 0 Å². The topological polar surface area (TPSA) is 29.9 Å². The molecule has 3 nitrogen and oxygen atoms in total. The van der Waals surface area contributed by atoms with Crippen molar-refractivity contribution < 1.29 is 0 Å². The Bertz CT molecular complexity index is 526. The summed E-state index contributed by atoms with van der Waals surface area (Å²) in [6, 6.07) is 11.6. The first kappa shape index (κ1) is 13.4. The van der Waals surface area contributed by atoms with Gasteiger partial charge in [-0.05, 0) is 38.3 Å². The van der Waals surface area contributed by atoms with Crippen molar-refractivity contribution in [2.45, 2.75) is 44.7 Å². The first-order valence-electron chi connectivity index (χ1n) is 7.63. The molecule has 0 aliphatic carbocycles. The van der Waals surface area contributed by atoms with Crippen molar-refractivity contribution in [3.8, 4) is 0 Å². The number of piperidine rings is 1. The molecule has 106 valence electrons. The first-order valence-corrected chi connectivity index (χ1v) is 7.63. The number of hydrogen-bond acceptors (Lipinski definition) is 2. The normalized spacial score (nSPS) is 20.8. The van der Waals surface area contributed by atoms with E-state index in [0.29, 0.717) is 12.1 Å². The van der Waals surface area contributed by atoms with Crippen molar-refractivity contribution in [2.75, 3.05) is 6.54 Å². The molecule has 2 aromatic rings. The SMILES string of the molecule is CC(Cc1ccccc1)n1cncc1C1CCCCN1. The number of aromatic nitrogens is 2. The molecule has 2 unspecified atom stereocenters. The average molecular weight is 269 g/mol. The Labute approximate surface area is 121 Å². The molecule has 1 aliphatic rings. The third-order valence-corrected chi connectivity index (χ3v) is 4.21. The fourth-order valence-electron chi connectivity index (χ4n) is 3.11. The predicted molar refractivity (Wildman–Crippen MR) is 81.7 cm³/mol. The largest absolute Gasteiger partial charge is 0.330 e. The van der Waals surface area contributed by atoms with Crippen LogP contribution in [0.2, 0.25) is 0 Å². The Morgan fingerprint density at radius 1 is 1.30 bits per heavy atom. The molecule has 3 heteroatoms. The van der Waals surface area contributed by atoms with Crippen LogP contribution >= 0.6 is 0 Å². The number of hydrogen-bond donors (Lipinski definition) is 1. The van der Waals surface area contributed by atoms with Gasteiger partial charge in [0, 0.05) is 18.3 Å². The van der Waals surface area contributed by atoms with Crippen LogP contribution in [0.4, 0.5) is 0 Å². The summed E-state index contributed by atoms with van der Waals surface area (Å²) in [6.07, 6.45) is 8.91. The molecule has 0 saturated carbocycles. The number of benzene rings is 1. The molecule has 0 amide bonds. The van der Waals surface area contributed by atoms with Gasteiger partial charge in [0.2, 0.25) is 0 Å². The standard InChI is InChI=1S/C17H23N3/c1-14(11-15-7-3-2-4-8-15)20-13-18-12-17(20)16-9-5-6-10-19-16/h2-4,7-8,12-14,16,19H,5-6,9-11H2,1H3. The Balaban J connectivity index is 1.75. The van der Waals surface area contributed by atoms with Crippen LogP contribution in [-0.4, -0.2) is 16.1 Å². The number of nitrogens with one attached hydrogen (secondary N) is 1. The molecule has 1 N–H and O–H groups in total. The van der Waals surface area contributed by atoms with E-state index in [0.717, 1.165) is 13.0 Å². The van der Waals surface area contributed by atoms with Crippen molar-refractivity contribution in [2.24, 2.45) is 0 Å². The minimum Gasteiger partial charge on any atom is -0.330 e. The molecule has 0 spiro atoms. The summed E-state index contributed by atoms with van der Waals surface area (Å²) < 4.78 is 2.34. The molecule has 1 aromatic carbocycles. The molecule has 0 radical (unpaired) electrons. The van der Waals surface area contributed by atoms with E-state index in [1.165, 1.54) is 30.5 Å². The van der Waals surface area contributed by atoms with Crippen molar-refractivity contribution in [3.05, 3.63) is 54.1 Å². The fourth-order valence-corrected chi connectivity index (χ4v) is 3.11. The van der Waals surface area contributed by atoms with Crippen molar-refractivity contribution in [1.29, 1.82) is 0 Å². The van der Waals surface area contributed by atoms with Gasteiger partial charge in [0.25, 0.3) is 0 Å². The Hall–Kier alpha value is -1.61. The summed E-state index contributed by atoms with van der Waals surface area (Å²) in [5.41, 5.74) is 2.73. The molecular weight excluding hydrogens is 246 g/mol. The van der Waals surface area contributed by atoms with Gasteiger partial charge >= 0.3 is 0 Å². The lowest BCUT2D eigenvalue weighted by Crippen LogP contribution is -2.29. The number of nitrogens with zero attached hydrogens (tertiary/aromatic N) is 2. The highest BCUT2D eigenvalue weighted by molar-refractivity contribution is 5.16. The van der Waals surface area contributed by atoms with Gasteiger partial charge in [0.05, 0.1) is 12.0 Å². The van der Waals surface area contributed by atoms with Gasteiger partial charge in [0.15, 0.2) is 0 Å². The zero-order valence-electron chi connectivity index (χ0n) is 12.1. The minimum atomic E-state index is 0.443. The average Bonchev–Trinajstić information content (AvgIpc) is 2.99. The van der Waals surface area contributed by atoms with Crippen LogP contribution in [0.15, 0.2) is 42.9 Å². The van der Waals surface area contributed by atoms with Crippen LogP contribution < -0.4 is 5.32 Å². The van der Waals surface area contributed by atoms with E-state index in [4.69, 9.17) is 0 Å². The molecule has 1 saturated heterocycles. The van der Waals surface area contributed by atoms with Crippen LogP contribution in [0.25, 0.3) is 0 Å². The molecule has 2 atom stereocenters. The van der Waals surface area contributed by atoms with E-state index < -0.39 is 0 Å². The fraction of sp³-hybridized carbons (Fsp3) is 0.471. The lowest BCUT2D eigenvalue weighted by atomic mass is 10.0. The van der Waals surface area contributed by atoms with Crippen molar-refractivity contribution in [3.63, 3.8) is 0 Å². The highest BCUT2D eigenvalue weighted by Crippen LogP contribution is 2.26. The predicted octanol–water partition coefficient (Wildman–Crippen LogP) is 3.50. The summed E-state index contributed by atoms with van der Waals surface area (Å²) in [5.74, 6) is 0. The quantitative estimate of drug-likeness (QED) is 0.920. The zero-order chi connectivity index (χ0) is 13.8. The van der Waals surface area contributed by atoms with E-state index in [1.807, 2.05) is 12.5 Å². The maximum atomic E-state index is 4.38. The third kappa shape index (κ3) is 2.93. The van der Waals surface area contributed by atoms with Crippen LogP contribution in [0.5, 0.6) is 0 Å². The summed E-state index contributed by atoms with van der Waals surface area (Å²) in [4.78, 5) is 4.38. The summed E-state index contributed by atoms with van der Waals surface area (Å²) in [5, 5.41) is 3.62. The smallest absolute Gasteiger partial charge is 0.0951 e. The van der Waals surface area contributed by atoms with Crippen molar-refractivity contribution >= 4 is 0 Å². The Kier molecular flexibility index (Phi) is 4.16. The first-order chi connectivity index (χ1) is 9.84. The lowest BCUT2D eigenvalue weighted by molar-refractivity contribution is 0.382. The van der Waals surface area contributed by atoms with Crippen molar-refractivity contribution in [1.82, 2.24) is 14.9 Å². The highest BCUT2D eigenvalue weighted by Gasteiger charge is 2.20. The second-order valence-electron chi connectivity index (χ2n) is 5.77. The zero-order valence-corrected chi connectivity index (χ0v) is 12.1. The molecule has 1 aromatic heterocycles. The van der Waals surface area contributed by atoms with Gasteiger partial charge < -0.3 is 9.88 Å². The second-order valence-corrected chi connectivity index (χ2v) is 5.77. The van der Waals surface area contributed by atoms with E-state index in [1.54, 1.807) is 0 Å². The number of rotatable bonds is 4. The van der Waals surface area contributed by atoms with Crippen LogP contribution in [0, 0.1) is 0 Å². The molecule has 2 heterocycles. The number of imidazole rings is 1. The third-order valence-electron chi connectivity index (χ3n) is 4.21. The van der Waals surface area contributed by atoms with Crippen LogP contribution in [0.3, 0.4) is 0 Å². The van der Waals surface area contributed by atoms with Gasteiger partial charge in [-0.1, -0.05) is 36.8 Å². The molecule has 0 bridgehead atoms. The van der Waals surface area contributed by atoms with Crippen LogP contribution in [0.1, 0.15) is 49.5 Å².